The highest BCUT2D eigenvalue weighted by Gasteiger charge is 1.89. The normalized spacial score (nSPS) is 15.0. The van der Waals surface area contributed by atoms with Crippen molar-refractivity contribution < 1.29 is 8.78 Å². The van der Waals surface area contributed by atoms with Gasteiger partial charge in [0.2, 0.25) is 0 Å². The molecule has 0 nitrogen and oxygen atoms in total. The lowest BCUT2D eigenvalue weighted by atomic mass is 10.5. The molecular formula is C3H6F2. The second kappa shape index (κ2) is 2.12. The van der Waals surface area contributed by atoms with Crippen molar-refractivity contribution in [2.24, 2.45) is 0 Å². The van der Waals surface area contributed by atoms with E-state index in [0.29, 0.717) is 0 Å². The van der Waals surface area contributed by atoms with E-state index < -0.39 is 12.8 Å². The van der Waals surface area contributed by atoms with Crippen LogP contribution in [0.1, 0.15) is 6.92 Å². The van der Waals surface area contributed by atoms with Crippen LogP contribution in [0.4, 0.5) is 8.78 Å². The summed E-state index contributed by atoms with van der Waals surface area (Å²) in [6.07, 6.45) is -1.28. The SMILES string of the molecule is C[C@@H](F)CF. The Bertz CT molecular complexity index is 18.9. The Morgan fingerprint density at radius 1 is 1.80 bits per heavy atom. The van der Waals surface area contributed by atoms with Gasteiger partial charge in [0.1, 0.15) is 12.8 Å². The molecule has 0 aliphatic carbocycles. The zero-order valence-corrected chi connectivity index (χ0v) is 3.04. The fourth-order valence-electron chi connectivity index (χ4n) is 0. The fourth-order valence-corrected chi connectivity index (χ4v) is 0. The number of halogens is 2. The Kier molecular flexibility index (Phi) is 2.06. The maximum Gasteiger partial charge on any atom is 0.126 e. The summed E-state index contributed by atoms with van der Waals surface area (Å²) in [7, 11) is 0. The molecule has 0 spiro atoms. The molecule has 0 saturated heterocycles. The molecule has 1 atom stereocenters. The van der Waals surface area contributed by atoms with Crippen LogP contribution in [0.5, 0.6) is 0 Å². The zero-order valence-electron chi connectivity index (χ0n) is 3.04. The second-order valence-electron chi connectivity index (χ2n) is 0.935. The minimum absolute atomic E-state index is 0.861. The molecule has 5 heavy (non-hydrogen) atoms. The standard InChI is InChI=1S/C3H6F2/c1-3(5)2-4/h3H,2H2,1H3/t3-/m1/s1. The molecule has 0 heterocycles. The van der Waals surface area contributed by atoms with Crippen LogP contribution in [0, 0.1) is 0 Å². The second-order valence-corrected chi connectivity index (χ2v) is 0.935. The third-order valence-electron chi connectivity index (χ3n) is 0.213. The van der Waals surface area contributed by atoms with Gasteiger partial charge in [-0.1, -0.05) is 0 Å². The van der Waals surface area contributed by atoms with Gasteiger partial charge in [-0.05, 0) is 6.92 Å². The van der Waals surface area contributed by atoms with Crippen molar-refractivity contribution in [3.63, 3.8) is 0 Å². The van der Waals surface area contributed by atoms with E-state index in [1.165, 1.54) is 6.92 Å². The molecule has 0 radical (unpaired) electrons. The van der Waals surface area contributed by atoms with Gasteiger partial charge in [0, 0.05) is 0 Å². The van der Waals surface area contributed by atoms with Gasteiger partial charge in [-0.25, -0.2) is 8.78 Å². The van der Waals surface area contributed by atoms with Crippen molar-refractivity contribution in [2.45, 2.75) is 13.1 Å². The quantitative estimate of drug-likeness (QED) is 0.445. The van der Waals surface area contributed by atoms with E-state index >= 15 is 0 Å². The lowest BCUT2D eigenvalue weighted by Gasteiger charge is -1.83. The van der Waals surface area contributed by atoms with E-state index in [4.69, 9.17) is 0 Å². The monoisotopic (exact) mass is 80.0 g/mol. The van der Waals surface area contributed by atoms with Gasteiger partial charge in [0.15, 0.2) is 0 Å². The van der Waals surface area contributed by atoms with Crippen molar-refractivity contribution in [3.8, 4) is 0 Å². The Morgan fingerprint density at radius 3 is 2.00 bits per heavy atom. The smallest absolute Gasteiger partial charge is 0.126 e. The molecule has 0 aliphatic rings. The first-order chi connectivity index (χ1) is 2.27. The van der Waals surface area contributed by atoms with Gasteiger partial charge in [0.25, 0.3) is 0 Å². The van der Waals surface area contributed by atoms with Crippen molar-refractivity contribution in [2.75, 3.05) is 6.67 Å². The summed E-state index contributed by atoms with van der Waals surface area (Å²) in [5, 5.41) is 0. The minimum atomic E-state index is -1.28. The molecular weight excluding hydrogens is 74.0 g/mol. The Labute approximate surface area is 29.8 Å². The fraction of sp³-hybridized carbons (Fsp3) is 1.00. The van der Waals surface area contributed by atoms with Gasteiger partial charge in [0.05, 0.1) is 0 Å². The van der Waals surface area contributed by atoms with Gasteiger partial charge in [-0.2, -0.15) is 0 Å². The molecule has 0 rings (SSSR count). The highest BCUT2D eigenvalue weighted by Crippen LogP contribution is 1.84. The van der Waals surface area contributed by atoms with Crippen LogP contribution < -0.4 is 0 Å². The first-order valence-electron chi connectivity index (χ1n) is 1.47. The summed E-state index contributed by atoms with van der Waals surface area (Å²) >= 11 is 0. The summed E-state index contributed by atoms with van der Waals surface area (Å²) < 4.78 is 21.8. The minimum Gasteiger partial charge on any atom is -0.248 e. The Hall–Kier alpha value is -0.140. The van der Waals surface area contributed by atoms with Crippen molar-refractivity contribution >= 4 is 0 Å². The molecule has 0 aromatic carbocycles. The summed E-state index contributed by atoms with van der Waals surface area (Å²) in [6, 6.07) is 0. The number of hydrogen-bond acceptors (Lipinski definition) is 0. The van der Waals surface area contributed by atoms with E-state index in [9.17, 15) is 8.78 Å². The number of alkyl halides is 2. The van der Waals surface area contributed by atoms with E-state index in [2.05, 4.69) is 0 Å². The van der Waals surface area contributed by atoms with E-state index in [1.54, 1.807) is 0 Å². The third-order valence-corrected chi connectivity index (χ3v) is 0.213. The summed E-state index contributed by atoms with van der Waals surface area (Å²) in [6.45, 7) is 0.319. The van der Waals surface area contributed by atoms with Gasteiger partial charge >= 0.3 is 0 Å². The molecule has 0 aromatic rings. The Morgan fingerprint density at radius 2 is 2.00 bits per heavy atom. The van der Waals surface area contributed by atoms with Crippen LogP contribution in [-0.2, 0) is 0 Å². The summed E-state index contributed by atoms with van der Waals surface area (Å²) in [5.74, 6) is 0. The average Bonchev–Trinajstić information content (AvgIpc) is 1.38. The third kappa shape index (κ3) is 3.86. The van der Waals surface area contributed by atoms with Crippen molar-refractivity contribution in [1.82, 2.24) is 0 Å². The van der Waals surface area contributed by atoms with Gasteiger partial charge in [-0.3, -0.25) is 0 Å². The largest absolute Gasteiger partial charge is 0.248 e. The molecule has 0 aromatic heterocycles. The maximum atomic E-state index is 11.1. The lowest BCUT2D eigenvalue weighted by Crippen LogP contribution is -1.91. The van der Waals surface area contributed by atoms with E-state index in [1.807, 2.05) is 0 Å². The summed E-state index contributed by atoms with van der Waals surface area (Å²) in [5.41, 5.74) is 0. The van der Waals surface area contributed by atoms with Gasteiger partial charge in [-0.15, -0.1) is 0 Å². The van der Waals surface area contributed by atoms with Crippen LogP contribution in [0.15, 0.2) is 0 Å². The highest BCUT2D eigenvalue weighted by molar-refractivity contribution is 4.35. The van der Waals surface area contributed by atoms with Crippen molar-refractivity contribution in [3.05, 3.63) is 0 Å². The van der Waals surface area contributed by atoms with Crippen LogP contribution in [0.3, 0.4) is 0 Å². The highest BCUT2D eigenvalue weighted by atomic mass is 19.2. The molecule has 0 N–H and O–H groups in total. The molecule has 0 saturated carbocycles. The van der Waals surface area contributed by atoms with E-state index in [0.717, 1.165) is 0 Å². The predicted molar refractivity (Wildman–Crippen MR) is 16.5 cm³/mol. The van der Waals surface area contributed by atoms with Crippen LogP contribution in [-0.4, -0.2) is 12.8 Å². The first-order valence-corrected chi connectivity index (χ1v) is 1.47. The zero-order chi connectivity index (χ0) is 4.28. The molecule has 32 valence electrons. The van der Waals surface area contributed by atoms with Crippen LogP contribution >= 0.6 is 0 Å². The van der Waals surface area contributed by atoms with Gasteiger partial charge < -0.3 is 0 Å². The van der Waals surface area contributed by atoms with Crippen LogP contribution in [0.25, 0.3) is 0 Å². The molecule has 0 fully saturated rings. The predicted octanol–water partition coefficient (Wildman–Crippen LogP) is 1.31. The van der Waals surface area contributed by atoms with E-state index in [-0.39, 0.29) is 0 Å². The molecule has 2 heteroatoms. The molecule has 0 unspecified atom stereocenters. The van der Waals surface area contributed by atoms with Crippen LogP contribution in [0.2, 0.25) is 0 Å². The van der Waals surface area contributed by atoms with Crippen molar-refractivity contribution in [1.29, 1.82) is 0 Å². The summed E-state index contributed by atoms with van der Waals surface area (Å²) in [4.78, 5) is 0. The first kappa shape index (κ1) is 4.86. The maximum absolute atomic E-state index is 11.1. The lowest BCUT2D eigenvalue weighted by molar-refractivity contribution is 0.281. The molecule has 0 aliphatic heterocycles. The molecule has 0 amide bonds. The number of hydrogen-bond donors (Lipinski definition) is 0. The number of rotatable bonds is 1. The average molecular weight is 80.1 g/mol. The Balaban J connectivity index is 2.54. The topological polar surface area (TPSA) is 0 Å². The molecule has 0 bridgehead atoms.